The number of aromatic carboxylic acids is 1. The highest BCUT2D eigenvalue weighted by Gasteiger charge is 2.14. The van der Waals surface area contributed by atoms with Crippen molar-refractivity contribution in [1.82, 2.24) is 24.8 Å². The van der Waals surface area contributed by atoms with E-state index in [1.165, 1.54) is 23.1 Å². The first-order chi connectivity index (χ1) is 13.6. The highest BCUT2D eigenvalue weighted by atomic mass is 16.4. The second kappa shape index (κ2) is 7.28. The Hall–Kier alpha value is -4.07. The second-order valence-corrected chi connectivity index (χ2v) is 6.16. The maximum atomic E-state index is 11.8. The van der Waals surface area contributed by atoms with E-state index >= 15 is 0 Å². The molecule has 8 heteroatoms. The first-order valence-corrected chi connectivity index (χ1v) is 8.47. The highest BCUT2D eigenvalue weighted by molar-refractivity contribution is 5.93. The van der Waals surface area contributed by atoms with Gasteiger partial charge in [-0.25, -0.2) is 4.79 Å². The molecule has 4 aromatic rings. The molecular weight excluding hydrogens is 358 g/mol. The monoisotopic (exact) mass is 373 g/mol. The molecule has 0 aliphatic heterocycles. The number of tetrazole rings is 1. The van der Waals surface area contributed by atoms with Crippen LogP contribution in [0.5, 0.6) is 0 Å². The van der Waals surface area contributed by atoms with E-state index < -0.39 is 5.97 Å². The summed E-state index contributed by atoms with van der Waals surface area (Å²) in [7, 11) is 0. The van der Waals surface area contributed by atoms with E-state index in [4.69, 9.17) is 0 Å². The van der Waals surface area contributed by atoms with E-state index in [-0.39, 0.29) is 11.1 Å². The molecule has 0 amide bonds. The van der Waals surface area contributed by atoms with Gasteiger partial charge in [-0.05, 0) is 45.3 Å². The van der Waals surface area contributed by atoms with Gasteiger partial charge in [-0.1, -0.05) is 36.4 Å². The predicted molar refractivity (Wildman–Crippen MR) is 101 cm³/mol. The van der Waals surface area contributed by atoms with Crippen LogP contribution < -0.4 is 5.56 Å². The highest BCUT2D eigenvalue weighted by Crippen LogP contribution is 2.25. The Morgan fingerprint density at radius 3 is 2.46 bits per heavy atom. The number of carbonyl (C=O) groups is 1. The number of hydrogen-bond donors (Lipinski definition) is 1. The van der Waals surface area contributed by atoms with Gasteiger partial charge in [-0.3, -0.25) is 4.79 Å². The molecule has 4 rings (SSSR count). The molecule has 2 aromatic heterocycles. The minimum absolute atomic E-state index is 0.0538. The molecular formula is C20H15N5O3. The van der Waals surface area contributed by atoms with Gasteiger partial charge >= 0.3 is 5.97 Å². The van der Waals surface area contributed by atoms with Gasteiger partial charge in [0.05, 0.1) is 17.8 Å². The smallest absolute Gasteiger partial charge is 0.337 e. The molecule has 0 radical (unpaired) electrons. The standard InChI is InChI=1S/C20H15N5O3/c26-19-3-1-2-10-24(19)12-14-4-6-15(7-5-14)16-8-9-17(20(27)28)18(11-16)25-13-21-22-23-25/h1-11,13H,12H2,(H,27,28). The molecule has 0 fully saturated rings. The minimum atomic E-state index is -1.05. The zero-order valence-corrected chi connectivity index (χ0v) is 14.6. The fourth-order valence-electron chi connectivity index (χ4n) is 2.94. The van der Waals surface area contributed by atoms with Crippen LogP contribution in [0.3, 0.4) is 0 Å². The molecule has 1 N–H and O–H groups in total. The zero-order valence-electron chi connectivity index (χ0n) is 14.6. The Kier molecular flexibility index (Phi) is 4.51. The van der Waals surface area contributed by atoms with Crippen LogP contribution in [0.1, 0.15) is 15.9 Å². The number of aromatic nitrogens is 5. The van der Waals surface area contributed by atoms with Crippen LogP contribution in [-0.4, -0.2) is 35.9 Å². The van der Waals surface area contributed by atoms with Crippen molar-refractivity contribution in [3.05, 3.63) is 94.7 Å². The summed E-state index contributed by atoms with van der Waals surface area (Å²) < 4.78 is 2.95. The van der Waals surface area contributed by atoms with Crippen molar-refractivity contribution >= 4 is 5.97 Å². The van der Waals surface area contributed by atoms with Crippen molar-refractivity contribution in [2.45, 2.75) is 6.54 Å². The predicted octanol–water partition coefficient (Wildman–Crippen LogP) is 2.24. The molecule has 0 aliphatic rings. The van der Waals surface area contributed by atoms with Gasteiger partial charge in [0.15, 0.2) is 0 Å². The van der Waals surface area contributed by atoms with Crippen LogP contribution in [0.15, 0.2) is 78.0 Å². The molecule has 0 saturated carbocycles. The van der Waals surface area contributed by atoms with Gasteiger partial charge in [0.1, 0.15) is 6.33 Å². The summed E-state index contributed by atoms with van der Waals surface area (Å²) in [6.45, 7) is 0.480. The molecule has 0 spiro atoms. The summed E-state index contributed by atoms with van der Waals surface area (Å²) in [4.78, 5) is 23.3. The maximum Gasteiger partial charge on any atom is 0.337 e. The van der Waals surface area contributed by atoms with Gasteiger partial charge in [0.2, 0.25) is 0 Å². The number of nitrogens with zero attached hydrogens (tertiary/aromatic N) is 5. The summed E-state index contributed by atoms with van der Waals surface area (Å²) >= 11 is 0. The van der Waals surface area contributed by atoms with Crippen LogP contribution in [-0.2, 0) is 6.54 Å². The van der Waals surface area contributed by atoms with Crippen molar-refractivity contribution < 1.29 is 9.90 Å². The largest absolute Gasteiger partial charge is 0.478 e. The lowest BCUT2D eigenvalue weighted by atomic mass is 10.0. The Labute approximate surface area is 159 Å². The lowest BCUT2D eigenvalue weighted by Gasteiger charge is -2.10. The van der Waals surface area contributed by atoms with Crippen LogP contribution >= 0.6 is 0 Å². The van der Waals surface area contributed by atoms with E-state index in [2.05, 4.69) is 15.5 Å². The van der Waals surface area contributed by atoms with Gasteiger partial charge in [0, 0.05) is 12.3 Å². The molecule has 8 nitrogen and oxygen atoms in total. The molecule has 0 atom stereocenters. The Morgan fingerprint density at radius 1 is 1.00 bits per heavy atom. The molecule has 0 bridgehead atoms. The molecule has 2 heterocycles. The number of benzene rings is 2. The topological polar surface area (TPSA) is 103 Å². The summed E-state index contributed by atoms with van der Waals surface area (Å²) in [5.74, 6) is -1.05. The van der Waals surface area contributed by atoms with Gasteiger partial charge in [-0.2, -0.15) is 4.68 Å². The van der Waals surface area contributed by atoms with Crippen LogP contribution in [0.4, 0.5) is 0 Å². The normalized spacial score (nSPS) is 10.7. The average molecular weight is 373 g/mol. The third-order valence-electron chi connectivity index (χ3n) is 4.36. The van der Waals surface area contributed by atoms with Crippen molar-refractivity contribution in [3.63, 3.8) is 0 Å². The second-order valence-electron chi connectivity index (χ2n) is 6.16. The fourth-order valence-corrected chi connectivity index (χ4v) is 2.94. The van der Waals surface area contributed by atoms with Gasteiger partial charge in [-0.15, -0.1) is 5.10 Å². The lowest BCUT2D eigenvalue weighted by molar-refractivity contribution is 0.0696. The van der Waals surface area contributed by atoms with Crippen LogP contribution in [0, 0.1) is 0 Å². The summed E-state index contributed by atoms with van der Waals surface area (Å²) in [5.41, 5.74) is 3.17. The van der Waals surface area contributed by atoms with Gasteiger partial charge < -0.3 is 9.67 Å². The Bertz CT molecular complexity index is 1180. The Morgan fingerprint density at radius 2 is 1.79 bits per heavy atom. The molecule has 0 saturated heterocycles. The van der Waals surface area contributed by atoms with Crippen molar-refractivity contribution in [2.75, 3.05) is 0 Å². The number of carboxylic acid groups (broad SMARTS) is 1. The number of rotatable bonds is 5. The fraction of sp³-hybridized carbons (Fsp3) is 0.0500. The molecule has 0 unspecified atom stereocenters. The number of carboxylic acids is 1. The average Bonchev–Trinajstić information content (AvgIpc) is 3.24. The van der Waals surface area contributed by atoms with Gasteiger partial charge in [0.25, 0.3) is 5.56 Å². The lowest BCUT2D eigenvalue weighted by Crippen LogP contribution is -2.18. The van der Waals surface area contributed by atoms with E-state index in [0.29, 0.717) is 12.2 Å². The van der Waals surface area contributed by atoms with Crippen molar-refractivity contribution in [2.24, 2.45) is 0 Å². The van der Waals surface area contributed by atoms with Crippen LogP contribution in [0.25, 0.3) is 16.8 Å². The summed E-state index contributed by atoms with van der Waals surface area (Å²) in [5, 5.41) is 20.4. The first kappa shape index (κ1) is 17.3. The van der Waals surface area contributed by atoms with E-state index in [0.717, 1.165) is 16.7 Å². The third-order valence-corrected chi connectivity index (χ3v) is 4.36. The SMILES string of the molecule is O=C(O)c1ccc(-c2ccc(Cn3ccccc3=O)cc2)cc1-n1cnnn1. The number of pyridine rings is 1. The maximum absolute atomic E-state index is 11.8. The first-order valence-electron chi connectivity index (χ1n) is 8.47. The van der Waals surface area contributed by atoms with E-state index in [9.17, 15) is 14.7 Å². The summed E-state index contributed by atoms with van der Waals surface area (Å²) in [6, 6.07) is 17.8. The van der Waals surface area contributed by atoms with Crippen LogP contribution in [0.2, 0.25) is 0 Å². The zero-order chi connectivity index (χ0) is 19.5. The van der Waals surface area contributed by atoms with E-state index in [1.807, 2.05) is 30.3 Å². The quantitative estimate of drug-likeness (QED) is 0.575. The molecule has 2 aromatic carbocycles. The molecule has 28 heavy (non-hydrogen) atoms. The number of hydrogen-bond acceptors (Lipinski definition) is 5. The van der Waals surface area contributed by atoms with Crippen molar-refractivity contribution in [3.8, 4) is 16.8 Å². The minimum Gasteiger partial charge on any atom is -0.478 e. The molecule has 0 aliphatic carbocycles. The van der Waals surface area contributed by atoms with Crippen molar-refractivity contribution in [1.29, 1.82) is 0 Å². The molecule has 138 valence electrons. The third kappa shape index (κ3) is 3.43. The summed E-state index contributed by atoms with van der Waals surface area (Å²) in [6.07, 6.45) is 3.10. The van der Waals surface area contributed by atoms with E-state index in [1.54, 1.807) is 29.0 Å². The Balaban J connectivity index is 1.66.